The summed E-state index contributed by atoms with van der Waals surface area (Å²) in [6.45, 7) is 0. The summed E-state index contributed by atoms with van der Waals surface area (Å²) in [6.07, 6.45) is 1.55. The van der Waals surface area contributed by atoms with Gasteiger partial charge in [-0.3, -0.25) is 0 Å². The van der Waals surface area contributed by atoms with E-state index in [1.807, 2.05) is 0 Å². The molecule has 8 nitrogen and oxygen atoms in total. The Hall–Kier alpha value is -3.94. The van der Waals surface area contributed by atoms with Crippen molar-refractivity contribution in [3.8, 4) is 0 Å². The molecule has 3 rings (SSSR count). The summed E-state index contributed by atoms with van der Waals surface area (Å²) < 4.78 is 0. The van der Waals surface area contributed by atoms with Gasteiger partial charge in [-0.1, -0.05) is 6.07 Å². The third kappa shape index (κ3) is 4.12. The lowest BCUT2D eigenvalue weighted by Gasteiger charge is -2.09. The molecule has 0 bridgehead atoms. The molecule has 2 aromatic carbocycles. The second kappa shape index (κ2) is 7.31. The van der Waals surface area contributed by atoms with Gasteiger partial charge in [-0.15, -0.1) is 0 Å². The molecule has 8 heteroatoms. The van der Waals surface area contributed by atoms with Gasteiger partial charge in [0.1, 0.15) is 5.82 Å². The third-order valence-corrected chi connectivity index (χ3v) is 3.43. The molecule has 4 N–H and O–H groups in total. The molecule has 0 aliphatic heterocycles. The van der Waals surface area contributed by atoms with Gasteiger partial charge < -0.3 is 20.8 Å². The van der Waals surface area contributed by atoms with Crippen molar-refractivity contribution < 1.29 is 19.8 Å². The van der Waals surface area contributed by atoms with Gasteiger partial charge in [-0.25, -0.2) is 14.6 Å². The number of aromatic carboxylic acids is 2. The Bertz CT molecular complexity index is 957. The maximum atomic E-state index is 11.0. The van der Waals surface area contributed by atoms with E-state index in [9.17, 15) is 9.59 Å². The van der Waals surface area contributed by atoms with Crippen molar-refractivity contribution in [3.05, 3.63) is 71.9 Å². The third-order valence-electron chi connectivity index (χ3n) is 3.43. The van der Waals surface area contributed by atoms with E-state index in [1.165, 1.54) is 24.3 Å². The maximum Gasteiger partial charge on any atom is 0.335 e. The van der Waals surface area contributed by atoms with Crippen LogP contribution in [0.3, 0.4) is 0 Å². The number of carboxylic acid groups (broad SMARTS) is 2. The highest BCUT2D eigenvalue weighted by molar-refractivity contribution is 5.89. The predicted octanol–water partition coefficient (Wildman–Crippen LogP) is 3.36. The van der Waals surface area contributed by atoms with Crippen molar-refractivity contribution in [2.45, 2.75) is 0 Å². The van der Waals surface area contributed by atoms with Crippen LogP contribution in [0.4, 0.5) is 23.1 Å². The minimum atomic E-state index is -1.01. The molecule has 26 heavy (non-hydrogen) atoms. The summed E-state index contributed by atoms with van der Waals surface area (Å²) in [4.78, 5) is 30.3. The minimum Gasteiger partial charge on any atom is -0.478 e. The molecular formula is C18H14N4O4. The first-order chi connectivity index (χ1) is 12.5. The Morgan fingerprint density at radius 3 is 2.23 bits per heavy atom. The van der Waals surface area contributed by atoms with Gasteiger partial charge >= 0.3 is 11.9 Å². The maximum absolute atomic E-state index is 11.0. The SMILES string of the molecule is O=C(O)c1ccc(Nc2nccc(Nc3cccc(C(=O)O)c3)n2)cc1. The summed E-state index contributed by atoms with van der Waals surface area (Å²) in [5, 5.41) is 23.9. The molecule has 0 saturated heterocycles. The Kier molecular flexibility index (Phi) is 4.75. The Balaban J connectivity index is 1.75. The van der Waals surface area contributed by atoms with E-state index in [2.05, 4.69) is 20.6 Å². The average Bonchev–Trinajstić information content (AvgIpc) is 2.62. The summed E-state index contributed by atoms with van der Waals surface area (Å²) in [7, 11) is 0. The standard InChI is InChI=1S/C18H14N4O4/c23-16(24)11-4-6-13(7-5-11)21-18-19-9-8-15(22-18)20-14-3-1-2-12(10-14)17(25)26/h1-10H,(H,23,24)(H,25,26)(H2,19,20,21,22). The number of carbonyl (C=O) groups is 2. The van der Waals surface area contributed by atoms with Crippen molar-refractivity contribution in [1.29, 1.82) is 0 Å². The second-order valence-electron chi connectivity index (χ2n) is 5.28. The quantitative estimate of drug-likeness (QED) is 0.533. The highest BCUT2D eigenvalue weighted by Crippen LogP contribution is 2.19. The van der Waals surface area contributed by atoms with Crippen molar-refractivity contribution >= 4 is 35.1 Å². The molecule has 0 aliphatic carbocycles. The number of nitrogens with zero attached hydrogens (tertiary/aromatic N) is 2. The zero-order chi connectivity index (χ0) is 18.5. The van der Waals surface area contributed by atoms with E-state index < -0.39 is 11.9 Å². The molecule has 0 aliphatic rings. The summed E-state index contributed by atoms with van der Waals surface area (Å²) >= 11 is 0. The molecule has 0 saturated carbocycles. The normalized spacial score (nSPS) is 10.2. The van der Waals surface area contributed by atoms with Gasteiger partial charge in [-0.05, 0) is 48.5 Å². The second-order valence-corrected chi connectivity index (χ2v) is 5.28. The number of rotatable bonds is 6. The van der Waals surface area contributed by atoms with E-state index in [4.69, 9.17) is 10.2 Å². The van der Waals surface area contributed by atoms with Crippen molar-refractivity contribution in [2.75, 3.05) is 10.6 Å². The molecule has 1 aromatic heterocycles. The molecule has 0 amide bonds. The number of hydrogen-bond donors (Lipinski definition) is 4. The van der Waals surface area contributed by atoms with Crippen LogP contribution >= 0.6 is 0 Å². The molecule has 0 atom stereocenters. The van der Waals surface area contributed by atoms with Crippen LogP contribution in [0.15, 0.2) is 60.8 Å². The lowest BCUT2D eigenvalue weighted by atomic mass is 10.2. The van der Waals surface area contributed by atoms with Gasteiger partial charge in [0, 0.05) is 17.6 Å². The Morgan fingerprint density at radius 1 is 0.808 bits per heavy atom. The average molecular weight is 350 g/mol. The lowest BCUT2D eigenvalue weighted by molar-refractivity contribution is 0.0686. The number of aromatic nitrogens is 2. The van der Waals surface area contributed by atoms with Crippen LogP contribution in [0.25, 0.3) is 0 Å². The topological polar surface area (TPSA) is 124 Å². The molecular weight excluding hydrogens is 336 g/mol. The van der Waals surface area contributed by atoms with Crippen LogP contribution < -0.4 is 10.6 Å². The predicted molar refractivity (Wildman–Crippen MR) is 95.4 cm³/mol. The molecule has 130 valence electrons. The van der Waals surface area contributed by atoms with Crippen LogP contribution in [-0.2, 0) is 0 Å². The zero-order valence-electron chi connectivity index (χ0n) is 13.4. The van der Waals surface area contributed by atoms with Crippen LogP contribution in [0.1, 0.15) is 20.7 Å². The lowest BCUT2D eigenvalue weighted by Crippen LogP contribution is -2.02. The van der Waals surface area contributed by atoms with E-state index in [1.54, 1.807) is 36.5 Å². The van der Waals surface area contributed by atoms with Crippen LogP contribution in [0.5, 0.6) is 0 Å². The number of hydrogen-bond acceptors (Lipinski definition) is 6. The van der Waals surface area contributed by atoms with Crippen LogP contribution in [-0.4, -0.2) is 32.1 Å². The highest BCUT2D eigenvalue weighted by Gasteiger charge is 2.06. The number of anilines is 4. The summed E-state index contributed by atoms with van der Waals surface area (Å²) in [5.74, 6) is -1.22. The van der Waals surface area contributed by atoms with Gasteiger partial charge in [0.25, 0.3) is 0 Å². The van der Waals surface area contributed by atoms with Crippen LogP contribution in [0.2, 0.25) is 0 Å². The van der Waals surface area contributed by atoms with Gasteiger partial charge in [0.2, 0.25) is 5.95 Å². The van der Waals surface area contributed by atoms with Crippen molar-refractivity contribution in [2.24, 2.45) is 0 Å². The fourth-order valence-electron chi connectivity index (χ4n) is 2.19. The molecule has 3 aromatic rings. The van der Waals surface area contributed by atoms with Gasteiger partial charge in [0.15, 0.2) is 0 Å². The molecule has 0 radical (unpaired) electrons. The van der Waals surface area contributed by atoms with Crippen LogP contribution in [0, 0.1) is 0 Å². The van der Waals surface area contributed by atoms with Crippen molar-refractivity contribution in [3.63, 3.8) is 0 Å². The fourth-order valence-corrected chi connectivity index (χ4v) is 2.19. The van der Waals surface area contributed by atoms with E-state index in [0.29, 0.717) is 23.1 Å². The number of nitrogens with one attached hydrogen (secondary N) is 2. The molecule has 0 spiro atoms. The largest absolute Gasteiger partial charge is 0.478 e. The zero-order valence-corrected chi connectivity index (χ0v) is 13.4. The van der Waals surface area contributed by atoms with Gasteiger partial charge in [0.05, 0.1) is 11.1 Å². The highest BCUT2D eigenvalue weighted by atomic mass is 16.4. The number of benzene rings is 2. The Morgan fingerprint density at radius 2 is 1.54 bits per heavy atom. The van der Waals surface area contributed by atoms with E-state index >= 15 is 0 Å². The minimum absolute atomic E-state index is 0.168. The molecule has 0 unspecified atom stereocenters. The van der Waals surface area contributed by atoms with Crippen molar-refractivity contribution in [1.82, 2.24) is 9.97 Å². The fraction of sp³-hybridized carbons (Fsp3) is 0. The first-order valence-electron chi connectivity index (χ1n) is 7.55. The van der Waals surface area contributed by atoms with E-state index in [-0.39, 0.29) is 11.1 Å². The molecule has 0 fully saturated rings. The number of carboxylic acids is 2. The smallest absolute Gasteiger partial charge is 0.335 e. The van der Waals surface area contributed by atoms with Gasteiger partial charge in [-0.2, -0.15) is 4.98 Å². The summed E-state index contributed by atoms with van der Waals surface area (Å²) in [5.41, 5.74) is 1.58. The summed E-state index contributed by atoms with van der Waals surface area (Å²) in [6, 6.07) is 14.2. The Labute approximate surface area is 148 Å². The monoisotopic (exact) mass is 350 g/mol. The van der Waals surface area contributed by atoms with E-state index in [0.717, 1.165) is 0 Å². The first kappa shape index (κ1) is 16.9. The molecule has 1 heterocycles. The first-order valence-corrected chi connectivity index (χ1v) is 7.55.